The van der Waals surface area contributed by atoms with Gasteiger partial charge in [-0.15, -0.1) is 0 Å². The average Bonchev–Trinajstić information content (AvgIpc) is 2.49. The van der Waals surface area contributed by atoms with Crippen molar-refractivity contribution in [2.75, 3.05) is 7.11 Å². The Morgan fingerprint density at radius 2 is 1.81 bits per heavy atom. The topological polar surface area (TPSA) is 42.2 Å². The number of hydrogen-bond donors (Lipinski definition) is 0. The SMILES string of the molecule is COc1ccc(COc2cc(C)cc(C)c2C)cc1C#N. The molecule has 0 aromatic heterocycles. The highest BCUT2D eigenvalue weighted by atomic mass is 16.5. The van der Waals surface area contributed by atoms with Crippen LogP contribution in [0.2, 0.25) is 0 Å². The number of ether oxygens (including phenoxy) is 2. The first-order valence-electron chi connectivity index (χ1n) is 6.83. The largest absolute Gasteiger partial charge is 0.495 e. The zero-order valence-corrected chi connectivity index (χ0v) is 12.9. The van der Waals surface area contributed by atoms with Crippen LogP contribution in [0.4, 0.5) is 0 Å². The third kappa shape index (κ3) is 3.35. The smallest absolute Gasteiger partial charge is 0.136 e. The molecule has 0 radical (unpaired) electrons. The molecule has 0 amide bonds. The minimum absolute atomic E-state index is 0.433. The molecule has 0 N–H and O–H groups in total. The molecule has 0 atom stereocenters. The van der Waals surface area contributed by atoms with Gasteiger partial charge in [0, 0.05) is 0 Å². The van der Waals surface area contributed by atoms with E-state index in [4.69, 9.17) is 14.7 Å². The molecule has 2 rings (SSSR count). The molecule has 0 aliphatic carbocycles. The highest BCUT2D eigenvalue weighted by molar-refractivity contribution is 5.46. The number of methoxy groups -OCH3 is 1. The third-order valence-electron chi connectivity index (χ3n) is 3.54. The lowest BCUT2D eigenvalue weighted by Crippen LogP contribution is -2.00. The summed E-state index contributed by atoms with van der Waals surface area (Å²) in [5.74, 6) is 1.48. The first-order chi connectivity index (χ1) is 10.0. The molecule has 0 fully saturated rings. The van der Waals surface area contributed by atoms with Gasteiger partial charge >= 0.3 is 0 Å². The van der Waals surface area contributed by atoms with Gasteiger partial charge in [-0.3, -0.25) is 0 Å². The van der Waals surface area contributed by atoms with Gasteiger partial charge in [-0.1, -0.05) is 12.1 Å². The van der Waals surface area contributed by atoms with Crippen LogP contribution in [0.3, 0.4) is 0 Å². The zero-order valence-electron chi connectivity index (χ0n) is 12.9. The van der Waals surface area contributed by atoms with Crippen LogP contribution < -0.4 is 9.47 Å². The van der Waals surface area contributed by atoms with Crippen molar-refractivity contribution in [2.45, 2.75) is 27.4 Å². The molecule has 0 aliphatic rings. The van der Waals surface area contributed by atoms with Gasteiger partial charge in [-0.05, 0) is 61.2 Å². The minimum atomic E-state index is 0.433. The van der Waals surface area contributed by atoms with Gasteiger partial charge in [0.25, 0.3) is 0 Å². The molecule has 3 heteroatoms. The summed E-state index contributed by atoms with van der Waals surface area (Å²) in [5, 5.41) is 9.11. The van der Waals surface area contributed by atoms with E-state index >= 15 is 0 Å². The molecule has 0 bridgehead atoms. The van der Waals surface area contributed by atoms with E-state index in [1.807, 2.05) is 12.1 Å². The van der Waals surface area contributed by atoms with Crippen molar-refractivity contribution in [3.63, 3.8) is 0 Å². The van der Waals surface area contributed by atoms with Crippen LogP contribution in [0.25, 0.3) is 0 Å². The number of hydrogen-bond acceptors (Lipinski definition) is 3. The minimum Gasteiger partial charge on any atom is -0.495 e. The first kappa shape index (κ1) is 14.9. The summed E-state index contributed by atoms with van der Waals surface area (Å²) in [5.41, 5.74) is 5.02. The lowest BCUT2D eigenvalue weighted by Gasteiger charge is -2.13. The van der Waals surface area contributed by atoms with Gasteiger partial charge < -0.3 is 9.47 Å². The summed E-state index contributed by atoms with van der Waals surface area (Å²) >= 11 is 0. The van der Waals surface area contributed by atoms with Crippen LogP contribution in [0.15, 0.2) is 30.3 Å². The molecule has 0 saturated carbocycles. The Morgan fingerprint density at radius 1 is 1.05 bits per heavy atom. The van der Waals surface area contributed by atoms with E-state index in [1.165, 1.54) is 11.1 Å². The van der Waals surface area contributed by atoms with Gasteiger partial charge in [0.05, 0.1) is 12.7 Å². The lowest BCUT2D eigenvalue weighted by molar-refractivity contribution is 0.303. The summed E-state index contributed by atoms with van der Waals surface area (Å²) in [6.07, 6.45) is 0. The Hall–Kier alpha value is -2.47. The van der Waals surface area contributed by atoms with Crippen LogP contribution in [0, 0.1) is 32.1 Å². The molecular formula is C18H19NO2. The molecule has 0 saturated heterocycles. The lowest BCUT2D eigenvalue weighted by atomic mass is 10.1. The highest BCUT2D eigenvalue weighted by Gasteiger charge is 2.07. The summed E-state index contributed by atoms with van der Waals surface area (Å²) in [7, 11) is 1.56. The summed E-state index contributed by atoms with van der Waals surface area (Å²) in [6.45, 7) is 6.62. The standard InChI is InChI=1S/C18H19NO2/c1-12-7-13(2)14(3)18(8-12)21-11-15-5-6-17(20-4)16(9-15)10-19/h5-9H,11H2,1-4H3. The third-order valence-corrected chi connectivity index (χ3v) is 3.54. The molecule has 0 unspecified atom stereocenters. The fraction of sp³-hybridized carbons (Fsp3) is 0.278. The van der Waals surface area contributed by atoms with Crippen molar-refractivity contribution in [2.24, 2.45) is 0 Å². The normalized spacial score (nSPS) is 10.0. The number of rotatable bonds is 4. The molecule has 2 aromatic carbocycles. The number of nitrogens with zero attached hydrogens (tertiary/aromatic N) is 1. The summed E-state index contributed by atoms with van der Waals surface area (Å²) < 4.78 is 11.0. The average molecular weight is 281 g/mol. The van der Waals surface area contributed by atoms with Crippen molar-refractivity contribution in [1.82, 2.24) is 0 Å². The number of aryl methyl sites for hydroxylation is 2. The van der Waals surface area contributed by atoms with Crippen molar-refractivity contribution in [3.05, 3.63) is 58.1 Å². The Labute approximate surface area is 125 Å². The van der Waals surface area contributed by atoms with Crippen LogP contribution in [-0.2, 0) is 6.61 Å². The monoisotopic (exact) mass is 281 g/mol. The summed E-state index contributed by atoms with van der Waals surface area (Å²) in [6, 6.07) is 11.8. The maximum absolute atomic E-state index is 9.11. The van der Waals surface area contributed by atoms with Crippen LogP contribution in [0.5, 0.6) is 11.5 Å². The van der Waals surface area contributed by atoms with Gasteiger partial charge in [0.15, 0.2) is 0 Å². The van der Waals surface area contributed by atoms with E-state index in [9.17, 15) is 0 Å². The van der Waals surface area contributed by atoms with E-state index < -0.39 is 0 Å². The molecule has 108 valence electrons. The van der Waals surface area contributed by atoms with E-state index in [-0.39, 0.29) is 0 Å². The predicted octanol–water partition coefficient (Wildman–Crippen LogP) is 4.07. The van der Waals surface area contributed by atoms with E-state index in [2.05, 4.69) is 32.9 Å². The molecule has 0 aliphatic heterocycles. The number of benzene rings is 2. The first-order valence-corrected chi connectivity index (χ1v) is 6.83. The maximum Gasteiger partial charge on any atom is 0.136 e. The van der Waals surface area contributed by atoms with Crippen molar-refractivity contribution in [3.8, 4) is 17.6 Å². The van der Waals surface area contributed by atoms with Gasteiger partial charge in [-0.25, -0.2) is 0 Å². The molecule has 21 heavy (non-hydrogen) atoms. The zero-order chi connectivity index (χ0) is 15.4. The Balaban J connectivity index is 2.19. The van der Waals surface area contributed by atoms with Gasteiger partial charge in [-0.2, -0.15) is 5.26 Å². The van der Waals surface area contributed by atoms with Crippen LogP contribution in [-0.4, -0.2) is 7.11 Å². The van der Waals surface area contributed by atoms with Crippen molar-refractivity contribution < 1.29 is 9.47 Å². The molecular weight excluding hydrogens is 262 g/mol. The quantitative estimate of drug-likeness (QED) is 0.848. The van der Waals surface area contributed by atoms with Crippen molar-refractivity contribution in [1.29, 1.82) is 5.26 Å². The van der Waals surface area contributed by atoms with Gasteiger partial charge in [0.1, 0.15) is 24.2 Å². The molecule has 3 nitrogen and oxygen atoms in total. The summed E-state index contributed by atoms with van der Waals surface area (Å²) in [4.78, 5) is 0. The molecule has 0 heterocycles. The second-order valence-electron chi connectivity index (χ2n) is 5.14. The Kier molecular flexibility index (Phi) is 4.49. The second kappa shape index (κ2) is 6.32. The Bertz CT molecular complexity index is 699. The molecule has 0 spiro atoms. The van der Waals surface area contributed by atoms with Crippen molar-refractivity contribution >= 4 is 0 Å². The Morgan fingerprint density at radius 3 is 2.48 bits per heavy atom. The van der Waals surface area contributed by atoms with Crippen LogP contribution >= 0.6 is 0 Å². The number of nitriles is 1. The van der Waals surface area contributed by atoms with E-state index in [1.54, 1.807) is 19.2 Å². The van der Waals surface area contributed by atoms with Crippen LogP contribution in [0.1, 0.15) is 27.8 Å². The maximum atomic E-state index is 9.11. The van der Waals surface area contributed by atoms with E-state index in [0.29, 0.717) is 17.9 Å². The van der Waals surface area contributed by atoms with E-state index in [0.717, 1.165) is 16.9 Å². The molecule has 2 aromatic rings. The fourth-order valence-electron chi connectivity index (χ4n) is 2.24. The second-order valence-corrected chi connectivity index (χ2v) is 5.14. The highest BCUT2D eigenvalue weighted by Crippen LogP contribution is 2.25. The van der Waals surface area contributed by atoms with Gasteiger partial charge in [0.2, 0.25) is 0 Å². The fourth-order valence-corrected chi connectivity index (χ4v) is 2.24. The predicted molar refractivity (Wildman–Crippen MR) is 82.7 cm³/mol.